The van der Waals surface area contributed by atoms with E-state index in [1.165, 1.54) is 19.2 Å². The van der Waals surface area contributed by atoms with Crippen LogP contribution >= 0.6 is 0 Å². The summed E-state index contributed by atoms with van der Waals surface area (Å²) in [5, 5.41) is 43.5. The molecule has 3 aliphatic rings. The number of carbonyl (C=O) groups is 3. The molecule has 6 atom stereocenters. The number of aromatic hydroxyl groups is 2. The maximum absolute atomic E-state index is 13.4. The van der Waals surface area contributed by atoms with Crippen molar-refractivity contribution in [1.82, 2.24) is 0 Å². The molecule has 1 aliphatic heterocycles. The first-order chi connectivity index (χ1) is 18.0. The van der Waals surface area contributed by atoms with E-state index in [0.29, 0.717) is 0 Å². The standard InChI is InChI=1S/C27H29NO10/c1-11-26(36-2)15(28)7-18(37-11)38-16-9-27(35,17(30)10-29)8-14-19(16)25(34)21-20(24(14)33)22(31)12-5-3-4-6-13(12)23(21)32/h3-6,11,15-16,18,26,29,33-35H,7-10,28H2,1-2H3/t11-,15-,16+,18-,26+,27+/m1/s1. The summed E-state index contributed by atoms with van der Waals surface area (Å²) in [7, 11) is 1.50. The molecule has 38 heavy (non-hydrogen) atoms. The molecule has 1 saturated heterocycles. The van der Waals surface area contributed by atoms with Gasteiger partial charge in [-0.05, 0) is 6.92 Å². The van der Waals surface area contributed by atoms with Crippen molar-refractivity contribution < 1.29 is 49.0 Å². The summed E-state index contributed by atoms with van der Waals surface area (Å²) in [6, 6.07) is 5.55. The van der Waals surface area contributed by atoms with Gasteiger partial charge in [0.05, 0.1) is 29.4 Å². The predicted octanol–water partition coefficient (Wildman–Crippen LogP) is 0.647. The molecule has 0 spiro atoms. The molecule has 0 amide bonds. The van der Waals surface area contributed by atoms with E-state index in [9.17, 15) is 34.8 Å². The van der Waals surface area contributed by atoms with Crippen LogP contribution in [0.5, 0.6) is 11.5 Å². The first-order valence-corrected chi connectivity index (χ1v) is 12.3. The second-order valence-corrected chi connectivity index (χ2v) is 10.0. The molecule has 2 aliphatic carbocycles. The van der Waals surface area contributed by atoms with Gasteiger partial charge in [0.15, 0.2) is 23.6 Å². The van der Waals surface area contributed by atoms with E-state index in [1.54, 1.807) is 19.1 Å². The van der Waals surface area contributed by atoms with Gasteiger partial charge in [0.1, 0.15) is 23.7 Å². The monoisotopic (exact) mass is 527 g/mol. The van der Waals surface area contributed by atoms with Gasteiger partial charge in [0, 0.05) is 54.7 Å². The summed E-state index contributed by atoms with van der Waals surface area (Å²) in [6.07, 6.45) is -3.87. The Labute approximate surface area is 217 Å². The van der Waals surface area contributed by atoms with Gasteiger partial charge in [-0.1, -0.05) is 24.3 Å². The summed E-state index contributed by atoms with van der Waals surface area (Å²) in [5.41, 5.74) is 3.17. The Morgan fingerprint density at radius 3 is 2.29 bits per heavy atom. The Morgan fingerprint density at radius 1 is 1.13 bits per heavy atom. The lowest BCUT2D eigenvalue weighted by atomic mass is 9.72. The van der Waals surface area contributed by atoms with Crippen molar-refractivity contribution in [2.24, 2.45) is 5.73 Å². The average molecular weight is 528 g/mol. The molecular formula is C27H29NO10. The normalized spacial score (nSPS) is 30.4. The molecule has 2 aromatic carbocycles. The molecule has 5 rings (SSSR count). The minimum atomic E-state index is -2.19. The zero-order valence-corrected chi connectivity index (χ0v) is 20.8. The molecule has 6 N–H and O–H groups in total. The average Bonchev–Trinajstić information content (AvgIpc) is 2.88. The van der Waals surface area contributed by atoms with Gasteiger partial charge in [-0.25, -0.2) is 0 Å². The quantitative estimate of drug-likeness (QED) is 0.293. The number of phenolic OH excluding ortho intramolecular Hbond substituents is 2. The fourth-order valence-corrected chi connectivity index (χ4v) is 5.87. The van der Waals surface area contributed by atoms with Crippen LogP contribution in [0.25, 0.3) is 0 Å². The van der Waals surface area contributed by atoms with Crippen molar-refractivity contribution in [1.29, 1.82) is 0 Å². The molecular weight excluding hydrogens is 498 g/mol. The SMILES string of the molecule is CO[C@@H]1[C@H](N)C[C@@H](O[C@H]2C[C@](O)(C(=O)CO)Cc3c(O)c4c(c(O)c32)C(=O)c2ccccc2C4=O)O[C@@H]1C. The van der Waals surface area contributed by atoms with Crippen LogP contribution in [0.1, 0.15) is 68.8 Å². The van der Waals surface area contributed by atoms with Crippen molar-refractivity contribution in [2.75, 3.05) is 13.7 Å². The number of benzene rings is 2. The molecule has 1 fully saturated rings. The van der Waals surface area contributed by atoms with Crippen molar-refractivity contribution >= 4 is 17.3 Å². The lowest BCUT2D eigenvalue weighted by Gasteiger charge is -2.42. The van der Waals surface area contributed by atoms with E-state index in [2.05, 4.69) is 0 Å². The van der Waals surface area contributed by atoms with Gasteiger partial charge in [-0.15, -0.1) is 0 Å². The highest BCUT2D eigenvalue weighted by Gasteiger charge is 2.50. The number of rotatable bonds is 5. The Morgan fingerprint density at radius 2 is 1.74 bits per heavy atom. The number of carbonyl (C=O) groups excluding carboxylic acids is 3. The summed E-state index contributed by atoms with van der Waals surface area (Å²) in [5.74, 6) is -3.52. The first-order valence-electron chi connectivity index (χ1n) is 12.3. The maximum Gasteiger partial charge on any atom is 0.198 e. The number of phenols is 2. The third-order valence-corrected chi connectivity index (χ3v) is 7.74. The van der Waals surface area contributed by atoms with Crippen molar-refractivity contribution in [3.8, 4) is 11.5 Å². The highest BCUT2D eigenvalue weighted by molar-refractivity contribution is 6.30. The van der Waals surface area contributed by atoms with Gasteiger partial charge >= 0.3 is 0 Å². The van der Waals surface area contributed by atoms with Crippen LogP contribution in [-0.2, 0) is 25.4 Å². The van der Waals surface area contributed by atoms with Crippen LogP contribution in [-0.4, -0.2) is 81.6 Å². The lowest BCUT2D eigenvalue weighted by molar-refractivity contribution is -0.250. The summed E-state index contributed by atoms with van der Waals surface area (Å²) in [4.78, 5) is 39.3. The van der Waals surface area contributed by atoms with Crippen LogP contribution in [0.3, 0.4) is 0 Å². The molecule has 11 heteroatoms. The van der Waals surface area contributed by atoms with E-state index < -0.39 is 90.1 Å². The van der Waals surface area contributed by atoms with Crippen LogP contribution in [0.15, 0.2) is 24.3 Å². The van der Waals surface area contributed by atoms with Gasteiger partial charge in [0.25, 0.3) is 0 Å². The number of Topliss-reactive ketones (excluding diaryl/α,β-unsaturated/α-hetero) is 1. The Balaban J connectivity index is 1.65. The maximum atomic E-state index is 13.4. The molecule has 0 aromatic heterocycles. The first kappa shape index (κ1) is 26.4. The number of aliphatic hydroxyl groups excluding tert-OH is 1. The third kappa shape index (κ3) is 3.94. The fourth-order valence-electron chi connectivity index (χ4n) is 5.87. The molecule has 202 valence electrons. The van der Waals surface area contributed by atoms with Gasteiger partial charge < -0.3 is 40.4 Å². The largest absolute Gasteiger partial charge is 0.507 e. The van der Waals surface area contributed by atoms with E-state index in [4.69, 9.17) is 19.9 Å². The third-order valence-electron chi connectivity index (χ3n) is 7.74. The van der Waals surface area contributed by atoms with Crippen molar-refractivity contribution in [2.45, 2.75) is 62.4 Å². The Kier molecular flexibility index (Phi) is 6.62. The highest BCUT2D eigenvalue weighted by atomic mass is 16.7. The molecule has 1 heterocycles. The highest BCUT2D eigenvalue weighted by Crippen LogP contribution is 2.52. The Bertz CT molecular complexity index is 1330. The molecule has 2 aromatic rings. The second kappa shape index (κ2) is 9.53. The smallest absolute Gasteiger partial charge is 0.198 e. The number of hydrogen-bond donors (Lipinski definition) is 5. The minimum Gasteiger partial charge on any atom is -0.507 e. The van der Waals surface area contributed by atoms with Gasteiger partial charge in [-0.3, -0.25) is 14.4 Å². The van der Waals surface area contributed by atoms with E-state index in [1.807, 2.05) is 0 Å². The van der Waals surface area contributed by atoms with E-state index in [-0.39, 0.29) is 34.2 Å². The van der Waals surface area contributed by atoms with Crippen molar-refractivity contribution in [3.05, 3.63) is 57.6 Å². The van der Waals surface area contributed by atoms with E-state index in [0.717, 1.165) is 0 Å². The summed E-state index contributed by atoms with van der Waals surface area (Å²) >= 11 is 0. The number of methoxy groups -OCH3 is 1. The number of nitrogens with two attached hydrogens (primary N) is 1. The van der Waals surface area contributed by atoms with Crippen LogP contribution < -0.4 is 5.73 Å². The predicted molar refractivity (Wildman–Crippen MR) is 130 cm³/mol. The fraction of sp³-hybridized carbons (Fsp3) is 0.444. The molecule has 0 saturated carbocycles. The molecule has 0 bridgehead atoms. The van der Waals surface area contributed by atoms with E-state index >= 15 is 0 Å². The van der Waals surface area contributed by atoms with Gasteiger partial charge in [0.2, 0.25) is 0 Å². The second-order valence-electron chi connectivity index (χ2n) is 10.0. The minimum absolute atomic E-state index is 0.0455. The lowest BCUT2D eigenvalue weighted by Crippen LogP contribution is -2.53. The zero-order valence-electron chi connectivity index (χ0n) is 20.8. The molecule has 11 nitrogen and oxygen atoms in total. The van der Waals surface area contributed by atoms with Crippen LogP contribution in [0.4, 0.5) is 0 Å². The summed E-state index contributed by atoms with van der Waals surface area (Å²) < 4.78 is 17.4. The number of aliphatic hydroxyl groups is 2. The number of ether oxygens (including phenoxy) is 3. The van der Waals surface area contributed by atoms with Gasteiger partial charge in [-0.2, -0.15) is 0 Å². The van der Waals surface area contributed by atoms with Crippen LogP contribution in [0, 0.1) is 0 Å². The topological polar surface area (TPSA) is 186 Å². The van der Waals surface area contributed by atoms with Crippen LogP contribution in [0.2, 0.25) is 0 Å². The summed E-state index contributed by atoms with van der Waals surface area (Å²) in [6.45, 7) is 0.754. The molecule has 0 radical (unpaired) electrons. The van der Waals surface area contributed by atoms with Crippen molar-refractivity contribution in [3.63, 3.8) is 0 Å². The number of ketones is 3. The number of hydrogen-bond acceptors (Lipinski definition) is 11. The Hall–Kier alpha value is -3.19. The zero-order chi connectivity index (χ0) is 27.5. The number of fused-ring (bicyclic) bond motifs is 3. The molecule has 0 unspecified atom stereocenters.